The van der Waals surface area contributed by atoms with Crippen LogP contribution in [0.4, 0.5) is 0 Å². The average molecular weight is 248 g/mol. The zero-order valence-corrected chi connectivity index (χ0v) is 10.4. The molecule has 0 bridgehead atoms. The van der Waals surface area contributed by atoms with Gasteiger partial charge in [-0.3, -0.25) is 0 Å². The summed E-state index contributed by atoms with van der Waals surface area (Å²) in [6.07, 6.45) is 4.70. The van der Waals surface area contributed by atoms with Crippen LogP contribution >= 0.6 is 0 Å². The number of aromatic nitrogens is 4. The first-order valence-electron chi connectivity index (χ1n) is 5.78. The van der Waals surface area contributed by atoms with Crippen molar-refractivity contribution < 1.29 is 9.84 Å². The van der Waals surface area contributed by atoms with Crippen LogP contribution < -0.4 is 4.74 Å². The minimum absolute atomic E-state index is 0.418. The second-order valence-corrected chi connectivity index (χ2v) is 3.83. The first-order chi connectivity index (χ1) is 8.74. The number of rotatable bonds is 5. The lowest BCUT2D eigenvalue weighted by Gasteiger charge is -2.11. The fourth-order valence-electron chi connectivity index (χ4n) is 1.74. The first kappa shape index (κ1) is 12.5. The molecule has 0 aliphatic heterocycles. The first-order valence-corrected chi connectivity index (χ1v) is 5.78. The Morgan fingerprint density at radius 3 is 2.94 bits per heavy atom. The molecule has 1 N–H and O–H groups in total. The molecule has 2 aromatic rings. The lowest BCUT2D eigenvalue weighted by atomic mass is 10.1. The van der Waals surface area contributed by atoms with E-state index in [-0.39, 0.29) is 0 Å². The van der Waals surface area contributed by atoms with Gasteiger partial charge in [-0.05, 0) is 6.92 Å². The largest absolute Gasteiger partial charge is 0.481 e. The highest BCUT2D eigenvalue weighted by atomic mass is 16.5. The molecule has 0 saturated carbocycles. The zero-order valence-electron chi connectivity index (χ0n) is 10.4. The number of aliphatic hydroxyl groups is 1. The third-order valence-electron chi connectivity index (χ3n) is 2.73. The average Bonchev–Trinajstić information content (AvgIpc) is 2.86. The molecule has 0 aliphatic rings. The molecule has 0 aliphatic carbocycles. The number of nitrogens with zero attached hydrogens (tertiary/aromatic N) is 4. The molecule has 2 aromatic heterocycles. The molecule has 18 heavy (non-hydrogen) atoms. The highest BCUT2D eigenvalue weighted by Gasteiger charge is 2.14. The van der Waals surface area contributed by atoms with Gasteiger partial charge in [-0.25, -0.2) is 15.0 Å². The number of imidazole rings is 1. The fraction of sp³-hybridized carbons (Fsp3) is 0.417. The Morgan fingerprint density at radius 1 is 1.39 bits per heavy atom. The highest BCUT2D eigenvalue weighted by molar-refractivity contribution is 5.16. The van der Waals surface area contributed by atoms with Crippen molar-refractivity contribution in [3.8, 4) is 5.88 Å². The van der Waals surface area contributed by atoms with Crippen LogP contribution in [0.25, 0.3) is 0 Å². The normalized spacial score (nSPS) is 12.4. The van der Waals surface area contributed by atoms with Gasteiger partial charge in [-0.15, -0.1) is 0 Å². The van der Waals surface area contributed by atoms with Gasteiger partial charge < -0.3 is 14.4 Å². The molecule has 0 amide bonds. The number of aliphatic hydroxyl groups excluding tert-OH is 1. The molecule has 1 unspecified atom stereocenters. The minimum atomic E-state index is -0.713. The van der Waals surface area contributed by atoms with Crippen LogP contribution in [-0.2, 0) is 13.0 Å². The lowest BCUT2D eigenvalue weighted by Crippen LogP contribution is -2.10. The van der Waals surface area contributed by atoms with Crippen molar-refractivity contribution in [3.63, 3.8) is 0 Å². The van der Waals surface area contributed by atoms with Gasteiger partial charge in [0, 0.05) is 31.4 Å². The second kappa shape index (κ2) is 5.59. The summed E-state index contributed by atoms with van der Waals surface area (Å²) in [6, 6.07) is 1.63. The van der Waals surface area contributed by atoms with Crippen molar-refractivity contribution in [1.29, 1.82) is 0 Å². The van der Waals surface area contributed by atoms with Crippen LogP contribution in [0.5, 0.6) is 5.88 Å². The van der Waals surface area contributed by atoms with E-state index in [0.717, 1.165) is 12.4 Å². The summed E-state index contributed by atoms with van der Waals surface area (Å²) in [4.78, 5) is 12.2. The van der Waals surface area contributed by atoms with Crippen molar-refractivity contribution in [2.24, 2.45) is 0 Å². The molecule has 2 rings (SSSR count). The molecule has 6 heteroatoms. The van der Waals surface area contributed by atoms with Crippen LogP contribution in [0.2, 0.25) is 0 Å². The smallest absolute Gasteiger partial charge is 0.216 e. The van der Waals surface area contributed by atoms with Gasteiger partial charge in [-0.1, -0.05) is 0 Å². The quantitative estimate of drug-likeness (QED) is 0.853. The van der Waals surface area contributed by atoms with E-state index in [1.54, 1.807) is 12.3 Å². The summed E-state index contributed by atoms with van der Waals surface area (Å²) in [5, 5.41) is 10.1. The summed E-state index contributed by atoms with van der Waals surface area (Å²) in [5.41, 5.74) is 0.535. The summed E-state index contributed by atoms with van der Waals surface area (Å²) in [6.45, 7) is 2.86. The van der Waals surface area contributed by atoms with Crippen LogP contribution in [-0.4, -0.2) is 31.7 Å². The van der Waals surface area contributed by atoms with Gasteiger partial charge in [0.2, 0.25) is 5.88 Å². The minimum Gasteiger partial charge on any atom is -0.481 e. The van der Waals surface area contributed by atoms with E-state index < -0.39 is 6.10 Å². The molecular formula is C12H16N4O2. The maximum atomic E-state index is 10.1. The molecule has 0 radical (unpaired) electrons. The molecule has 2 heterocycles. The Morgan fingerprint density at radius 2 is 2.22 bits per heavy atom. The van der Waals surface area contributed by atoms with Crippen LogP contribution in [0.1, 0.15) is 24.5 Å². The molecule has 0 spiro atoms. The predicted octanol–water partition coefficient (Wildman–Crippen LogP) is 0.978. The van der Waals surface area contributed by atoms with E-state index in [2.05, 4.69) is 15.0 Å². The van der Waals surface area contributed by atoms with Crippen molar-refractivity contribution in [2.75, 3.05) is 7.11 Å². The van der Waals surface area contributed by atoms with E-state index in [1.807, 2.05) is 17.7 Å². The predicted molar refractivity (Wildman–Crippen MR) is 65.1 cm³/mol. The van der Waals surface area contributed by atoms with E-state index in [1.165, 1.54) is 13.4 Å². The summed E-state index contributed by atoms with van der Waals surface area (Å²) < 4.78 is 6.99. The Kier molecular flexibility index (Phi) is 3.88. The van der Waals surface area contributed by atoms with E-state index in [0.29, 0.717) is 18.0 Å². The highest BCUT2D eigenvalue weighted by Crippen LogP contribution is 2.18. The number of aryl methyl sites for hydroxylation is 1. The van der Waals surface area contributed by atoms with Gasteiger partial charge in [0.15, 0.2) is 0 Å². The van der Waals surface area contributed by atoms with E-state index >= 15 is 0 Å². The van der Waals surface area contributed by atoms with Crippen molar-refractivity contribution in [2.45, 2.75) is 26.0 Å². The molecule has 0 fully saturated rings. The monoisotopic (exact) mass is 248 g/mol. The van der Waals surface area contributed by atoms with Gasteiger partial charge in [0.05, 0.1) is 12.8 Å². The summed E-state index contributed by atoms with van der Waals surface area (Å²) in [5.74, 6) is 1.28. The lowest BCUT2D eigenvalue weighted by molar-refractivity contribution is 0.169. The number of hydrogen-bond donors (Lipinski definition) is 1. The molecule has 96 valence electrons. The van der Waals surface area contributed by atoms with E-state index in [9.17, 15) is 5.11 Å². The van der Waals surface area contributed by atoms with Crippen LogP contribution in [0.3, 0.4) is 0 Å². The number of ether oxygens (including phenoxy) is 1. The van der Waals surface area contributed by atoms with Crippen molar-refractivity contribution in [1.82, 2.24) is 19.5 Å². The topological polar surface area (TPSA) is 73.1 Å². The SMILES string of the molecule is CCn1ccnc1CC(O)c1cc(OC)ncn1. The molecular weight excluding hydrogens is 232 g/mol. The molecule has 6 nitrogen and oxygen atoms in total. The van der Waals surface area contributed by atoms with E-state index in [4.69, 9.17) is 4.74 Å². The zero-order chi connectivity index (χ0) is 13.0. The van der Waals surface area contributed by atoms with Gasteiger partial charge in [0.25, 0.3) is 0 Å². The van der Waals surface area contributed by atoms with Crippen molar-refractivity contribution in [3.05, 3.63) is 36.3 Å². The van der Waals surface area contributed by atoms with Crippen LogP contribution in [0.15, 0.2) is 24.8 Å². The third-order valence-corrected chi connectivity index (χ3v) is 2.73. The number of hydrogen-bond acceptors (Lipinski definition) is 5. The molecule has 1 atom stereocenters. The number of methoxy groups -OCH3 is 1. The molecule has 0 aromatic carbocycles. The summed E-state index contributed by atoms with van der Waals surface area (Å²) >= 11 is 0. The van der Waals surface area contributed by atoms with Gasteiger partial charge >= 0.3 is 0 Å². The Hall–Kier alpha value is -1.95. The maximum Gasteiger partial charge on any atom is 0.216 e. The molecule has 0 saturated heterocycles. The summed E-state index contributed by atoms with van der Waals surface area (Å²) in [7, 11) is 1.53. The van der Waals surface area contributed by atoms with Crippen LogP contribution in [0, 0.1) is 0 Å². The van der Waals surface area contributed by atoms with Gasteiger partial charge in [-0.2, -0.15) is 0 Å². The maximum absolute atomic E-state index is 10.1. The van der Waals surface area contributed by atoms with Crippen molar-refractivity contribution >= 4 is 0 Å². The van der Waals surface area contributed by atoms with Gasteiger partial charge in [0.1, 0.15) is 18.3 Å². The Balaban J connectivity index is 2.13. The standard InChI is InChI=1S/C12H16N4O2/c1-3-16-5-4-13-11(16)7-10(17)9-6-12(18-2)15-8-14-9/h4-6,8,10,17H,3,7H2,1-2H3. The fourth-order valence-corrected chi connectivity index (χ4v) is 1.74. The Labute approximate surface area is 105 Å². The second-order valence-electron chi connectivity index (χ2n) is 3.83. The third kappa shape index (κ3) is 2.65. The Bertz CT molecular complexity index is 512.